The van der Waals surface area contributed by atoms with Crippen LogP contribution in [-0.2, 0) is 19.3 Å². The number of hydrogen-bond acceptors (Lipinski definition) is 3. The first-order chi connectivity index (χ1) is 9.31. The molecule has 2 heterocycles. The van der Waals surface area contributed by atoms with Gasteiger partial charge in [0.2, 0.25) is 0 Å². The average molecular weight is 255 g/mol. The molecule has 0 aromatic carbocycles. The van der Waals surface area contributed by atoms with E-state index < -0.39 is 0 Å². The third kappa shape index (κ3) is 4.14. The molecule has 1 atom stereocenters. The highest BCUT2D eigenvalue weighted by atomic mass is 14.9. The lowest BCUT2D eigenvalue weighted by Gasteiger charge is -2.15. The van der Waals surface area contributed by atoms with Gasteiger partial charge in [0.15, 0.2) is 0 Å². The molecular formula is C16H21N3. The normalized spacial score (nSPS) is 12.3. The lowest BCUT2D eigenvalue weighted by molar-refractivity contribution is 0.544. The number of likely N-dealkylation sites (N-methyl/N-ethyl adjacent to an activating group) is 1. The minimum atomic E-state index is 0.370. The third-order valence-corrected chi connectivity index (χ3v) is 3.34. The Morgan fingerprint density at radius 2 is 1.84 bits per heavy atom. The van der Waals surface area contributed by atoms with E-state index in [-0.39, 0.29) is 0 Å². The molecule has 0 spiro atoms. The molecule has 2 rings (SSSR count). The molecule has 1 unspecified atom stereocenters. The Kier molecular flexibility index (Phi) is 5.04. The van der Waals surface area contributed by atoms with Crippen LogP contribution in [-0.4, -0.2) is 23.1 Å². The van der Waals surface area contributed by atoms with Crippen LogP contribution in [0.5, 0.6) is 0 Å². The predicted octanol–water partition coefficient (Wildman–Crippen LogP) is 2.41. The van der Waals surface area contributed by atoms with Crippen molar-refractivity contribution >= 4 is 0 Å². The van der Waals surface area contributed by atoms with Crippen molar-refractivity contribution in [3.05, 3.63) is 59.7 Å². The van der Waals surface area contributed by atoms with Crippen molar-refractivity contribution in [3.8, 4) is 0 Å². The van der Waals surface area contributed by atoms with Crippen LogP contribution in [0.4, 0.5) is 0 Å². The zero-order valence-corrected chi connectivity index (χ0v) is 11.6. The van der Waals surface area contributed by atoms with Crippen molar-refractivity contribution in [2.45, 2.75) is 32.2 Å². The van der Waals surface area contributed by atoms with E-state index in [1.807, 2.05) is 31.6 Å². The lowest BCUT2D eigenvalue weighted by atomic mass is 10.0. The maximum Gasteiger partial charge on any atom is 0.0419 e. The van der Waals surface area contributed by atoms with Gasteiger partial charge in [0.05, 0.1) is 0 Å². The minimum absolute atomic E-state index is 0.370. The lowest BCUT2D eigenvalue weighted by Crippen LogP contribution is -2.30. The van der Waals surface area contributed by atoms with Crippen LogP contribution < -0.4 is 5.32 Å². The first-order valence-electron chi connectivity index (χ1n) is 6.82. The van der Waals surface area contributed by atoms with E-state index in [1.54, 1.807) is 0 Å². The predicted molar refractivity (Wildman–Crippen MR) is 78.1 cm³/mol. The molecule has 19 heavy (non-hydrogen) atoms. The van der Waals surface area contributed by atoms with E-state index >= 15 is 0 Å². The summed E-state index contributed by atoms with van der Waals surface area (Å²) in [6.07, 6.45) is 6.71. The highest BCUT2D eigenvalue weighted by Crippen LogP contribution is 2.07. The highest BCUT2D eigenvalue weighted by Gasteiger charge is 2.09. The van der Waals surface area contributed by atoms with Crippen molar-refractivity contribution in [2.75, 3.05) is 7.05 Å². The van der Waals surface area contributed by atoms with Gasteiger partial charge >= 0.3 is 0 Å². The Labute approximate surface area is 115 Å². The van der Waals surface area contributed by atoms with Gasteiger partial charge in [-0.2, -0.15) is 0 Å². The van der Waals surface area contributed by atoms with Crippen LogP contribution in [0.25, 0.3) is 0 Å². The Morgan fingerprint density at radius 3 is 2.37 bits per heavy atom. The molecule has 0 amide bonds. The molecule has 0 radical (unpaired) electrons. The second kappa shape index (κ2) is 7.00. The molecule has 3 heteroatoms. The maximum atomic E-state index is 4.52. The summed E-state index contributed by atoms with van der Waals surface area (Å²) in [5.41, 5.74) is 3.54. The second-order valence-electron chi connectivity index (χ2n) is 4.73. The van der Waals surface area contributed by atoms with E-state index in [9.17, 15) is 0 Å². The molecule has 0 bridgehead atoms. The molecule has 1 N–H and O–H groups in total. The number of nitrogens with zero attached hydrogens (tertiary/aromatic N) is 2. The highest BCUT2D eigenvalue weighted by molar-refractivity contribution is 5.15. The van der Waals surface area contributed by atoms with Gasteiger partial charge in [0.1, 0.15) is 0 Å². The number of aryl methyl sites for hydroxylation is 1. The summed E-state index contributed by atoms with van der Waals surface area (Å²) >= 11 is 0. The summed E-state index contributed by atoms with van der Waals surface area (Å²) in [5, 5.41) is 3.35. The fourth-order valence-electron chi connectivity index (χ4n) is 2.09. The Morgan fingerprint density at radius 1 is 1.05 bits per heavy atom. The molecule has 0 saturated heterocycles. The second-order valence-corrected chi connectivity index (χ2v) is 4.73. The van der Waals surface area contributed by atoms with Crippen molar-refractivity contribution in [3.63, 3.8) is 0 Å². The smallest absolute Gasteiger partial charge is 0.0419 e. The monoisotopic (exact) mass is 255 g/mol. The van der Waals surface area contributed by atoms with Crippen molar-refractivity contribution < 1.29 is 0 Å². The van der Waals surface area contributed by atoms with E-state index in [1.165, 1.54) is 5.56 Å². The van der Waals surface area contributed by atoms with Gasteiger partial charge in [0, 0.05) is 42.7 Å². The Hall–Kier alpha value is -1.74. The number of rotatable bonds is 6. The first-order valence-corrected chi connectivity index (χ1v) is 6.82. The molecular weight excluding hydrogens is 234 g/mol. The molecule has 2 aromatic rings. The Bertz CT molecular complexity index is 479. The van der Waals surface area contributed by atoms with Gasteiger partial charge in [0.25, 0.3) is 0 Å². The van der Waals surface area contributed by atoms with Crippen LogP contribution in [0.3, 0.4) is 0 Å². The van der Waals surface area contributed by atoms with Crippen LogP contribution in [0.1, 0.15) is 23.9 Å². The van der Waals surface area contributed by atoms with E-state index in [0.29, 0.717) is 6.04 Å². The van der Waals surface area contributed by atoms with Gasteiger partial charge in [-0.1, -0.05) is 19.1 Å². The standard InChI is InChI=1S/C16H21N3/c1-3-13-7-8-15(19-12-13)11-16(17-2)10-14-6-4-5-9-18-14/h4-9,12,16-17H,3,10-11H2,1-2H3. The van der Waals surface area contributed by atoms with E-state index in [4.69, 9.17) is 0 Å². The topological polar surface area (TPSA) is 37.8 Å². The quantitative estimate of drug-likeness (QED) is 0.861. The van der Waals surface area contributed by atoms with Crippen molar-refractivity contribution in [1.82, 2.24) is 15.3 Å². The zero-order chi connectivity index (χ0) is 13.5. The van der Waals surface area contributed by atoms with Gasteiger partial charge in [-0.25, -0.2) is 0 Å². The first kappa shape index (κ1) is 13.7. The summed E-state index contributed by atoms with van der Waals surface area (Å²) < 4.78 is 0. The fraction of sp³-hybridized carbons (Fsp3) is 0.375. The van der Waals surface area contributed by atoms with Gasteiger partial charge in [-0.3, -0.25) is 9.97 Å². The largest absolute Gasteiger partial charge is 0.316 e. The number of pyridine rings is 2. The van der Waals surface area contributed by atoms with E-state index in [2.05, 4.69) is 40.4 Å². The number of hydrogen-bond donors (Lipinski definition) is 1. The van der Waals surface area contributed by atoms with Gasteiger partial charge in [-0.05, 0) is 37.2 Å². The van der Waals surface area contributed by atoms with Crippen LogP contribution in [0, 0.1) is 0 Å². The summed E-state index contributed by atoms with van der Waals surface area (Å²) in [4.78, 5) is 8.89. The molecule has 0 fully saturated rings. The van der Waals surface area contributed by atoms with Gasteiger partial charge < -0.3 is 5.32 Å². The minimum Gasteiger partial charge on any atom is -0.316 e. The zero-order valence-electron chi connectivity index (χ0n) is 11.6. The van der Waals surface area contributed by atoms with Crippen molar-refractivity contribution in [1.29, 1.82) is 0 Å². The third-order valence-electron chi connectivity index (χ3n) is 3.34. The molecule has 0 aliphatic carbocycles. The molecule has 100 valence electrons. The van der Waals surface area contributed by atoms with E-state index in [0.717, 1.165) is 30.7 Å². The van der Waals surface area contributed by atoms with Crippen LogP contribution in [0.15, 0.2) is 42.7 Å². The average Bonchev–Trinajstić information content (AvgIpc) is 2.48. The molecule has 0 aliphatic heterocycles. The SMILES string of the molecule is CCc1ccc(CC(Cc2ccccn2)NC)nc1. The molecule has 2 aromatic heterocycles. The molecule has 0 saturated carbocycles. The number of aromatic nitrogens is 2. The summed E-state index contributed by atoms with van der Waals surface area (Å²) in [7, 11) is 1.99. The number of nitrogens with one attached hydrogen (secondary N) is 1. The van der Waals surface area contributed by atoms with Gasteiger partial charge in [-0.15, -0.1) is 0 Å². The van der Waals surface area contributed by atoms with Crippen molar-refractivity contribution in [2.24, 2.45) is 0 Å². The fourth-order valence-corrected chi connectivity index (χ4v) is 2.09. The maximum absolute atomic E-state index is 4.52. The summed E-state index contributed by atoms with van der Waals surface area (Å²) in [5.74, 6) is 0. The molecule has 3 nitrogen and oxygen atoms in total. The Balaban J connectivity index is 1.98. The summed E-state index contributed by atoms with van der Waals surface area (Å²) in [6, 6.07) is 10.7. The molecule has 0 aliphatic rings. The van der Waals surface area contributed by atoms with Crippen LogP contribution >= 0.6 is 0 Å². The summed E-state index contributed by atoms with van der Waals surface area (Å²) in [6.45, 7) is 2.15. The van der Waals surface area contributed by atoms with Crippen LogP contribution in [0.2, 0.25) is 0 Å².